The Morgan fingerprint density at radius 1 is 1.35 bits per heavy atom. The maximum absolute atomic E-state index is 12.5. The Balaban J connectivity index is 1.75. The van der Waals surface area contributed by atoms with Gasteiger partial charge in [-0.25, -0.2) is 0 Å². The molecule has 0 spiro atoms. The summed E-state index contributed by atoms with van der Waals surface area (Å²) in [4.78, 5) is 24.3. The SMILES string of the molecule is C[C@@]12C=CC(=O)C=C1CC[C@H]1[C@H]2[C@H](O)C[C@]2(C)[C@@H]1CC[C@@]2(O)C(=O)CN. The van der Waals surface area contributed by atoms with Crippen molar-refractivity contribution in [2.24, 2.45) is 34.3 Å². The zero-order valence-electron chi connectivity index (χ0n) is 15.6. The van der Waals surface area contributed by atoms with Gasteiger partial charge >= 0.3 is 0 Å². The van der Waals surface area contributed by atoms with Gasteiger partial charge in [0.05, 0.1) is 12.6 Å². The van der Waals surface area contributed by atoms with Crippen molar-refractivity contribution in [1.82, 2.24) is 0 Å². The van der Waals surface area contributed by atoms with Gasteiger partial charge in [-0.2, -0.15) is 0 Å². The van der Waals surface area contributed by atoms with Crippen molar-refractivity contribution in [1.29, 1.82) is 0 Å². The van der Waals surface area contributed by atoms with Crippen LogP contribution in [0.3, 0.4) is 0 Å². The minimum atomic E-state index is -1.44. The summed E-state index contributed by atoms with van der Waals surface area (Å²) >= 11 is 0. The van der Waals surface area contributed by atoms with Gasteiger partial charge in [-0.3, -0.25) is 9.59 Å². The zero-order chi connectivity index (χ0) is 18.9. The molecule has 0 saturated heterocycles. The van der Waals surface area contributed by atoms with E-state index < -0.39 is 17.1 Å². The van der Waals surface area contributed by atoms with Crippen LogP contribution in [0.1, 0.15) is 46.0 Å². The maximum Gasteiger partial charge on any atom is 0.178 e. The summed E-state index contributed by atoms with van der Waals surface area (Å²) in [5.41, 5.74) is 4.29. The standard InChI is InChI=1S/C21H29NO4/c1-19-7-5-13(23)9-12(19)3-4-14-15-6-8-21(26,17(25)11-22)20(15,2)10-16(24)18(14)19/h5,7,9,14-16,18,24,26H,3-4,6,8,10-11,22H2,1-2H3/t14-,15-,16-,18+,19-,20-,21-/m1/s1. The third kappa shape index (κ3) is 2.08. The monoisotopic (exact) mass is 359 g/mol. The van der Waals surface area contributed by atoms with Crippen molar-refractivity contribution < 1.29 is 19.8 Å². The maximum atomic E-state index is 12.5. The second kappa shape index (κ2) is 5.60. The minimum Gasteiger partial charge on any atom is -0.393 e. The molecule has 0 radical (unpaired) electrons. The van der Waals surface area contributed by atoms with E-state index in [9.17, 15) is 19.8 Å². The number of hydrogen-bond acceptors (Lipinski definition) is 5. The number of carbonyl (C=O) groups excluding carboxylic acids is 2. The predicted octanol–water partition coefficient (Wildman–Crippen LogP) is 1.52. The molecule has 0 aromatic rings. The highest BCUT2D eigenvalue weighted by atomic mass is 16.3. The van der Waals surface area contributed by atoms with Crippen LogP contribution in [-0.2, 0) is 9.59 Å². The van der Waals surface area contributed by atoms with Crippen LogP contribution < -0.4 is 5.73 Å². The Hall–Kier alpha value is -1.30. The second-order valence-electron chi connectivity index (χ2n) is 9.24. The molecule has 3 fully saturated rings. The van der Waals surface area contributed by atoms with Crippen LogP contribution in [0, 0.1) is 28.6 Å². The van der Waals surface area contributed by atoms with Gasteiger partial charge in [0.15, 0.2) is 11.6 Å². The molecule has 4 rings (SSSR count). The number of rotatable bonds is 2. The number of Topliss-reactive ketones (excluding diaryl/α,β-unsaturated/α-hetero) is 1. The number of ketones is 2. The van der Waals surface area contributed by atoms with E-state index in [0.717, 1.165) is 24.8 Å². The van der Waals surface area contributed by atoms with E-state index in [2.05, 4.69) is 6.92 Å². The Bertz CT molecular complexity index is 728. The quantitative estimate of drug-likeness (QED) is 0.694. The van der Waals surface area contributed by atoms with Crippen LogP contribution in [0.4, 0.5) is 0 Å². The smallest absolute Gasteiger partial charge is 0.178 e. The molecule has 4 aliphatic carbocycles. The molecule has 0 heterocycles. The Morgan fingerprint density at radius 3 is 2.77 bits per heavy atom. The van der Waals surface area contributed by atoms with Crippen molar-refractivity contribution in [2.75, 3.05) is 6.54 Å². The fraction of sp³-hybridized carbons (Fsp3) is 0.714. The zero-order valence-corrected chi connectivity index (χ0v) is 15.6. The van der Waals surface area contributed by atoms with Gasteiger partial charge in [0.25, 0.3) is 0 Å². The summed E-state index contributed by atoms with van der Waals surface area (Å²) < 4.78 is 0. The number of aliphatic hydroxyl groups is 2. The van der Waals surface area contributed by atoms with Crippen molar-refractivity contribution in [3.63, 3.8) is 0 Å². The first-order chi connectivity index (χ1) is 12.2. The summed E-state index contributed by atoms with van der Waals surface area (Å²) in [5, 5.41) is 22.4. The molecule has 3 saturated carbocycles. The number of fused-ring (bicyclic) bond motifs is 5. The van der Waals surface area contributed by atoms with Crippen LogP contribution in [-0.4, -0.2) is 40.0 Å². The first-order valence-corrected chi connectivity index (χ1v) is 9.75. The summed E-state index contributed by atoms with van der Waals surface area (Å²) in [6, 6.07) is 0. The van der Waals surface area contributed by atoms with E-state index in [4.69, 9.17) is 5.73 Å². The number of aliphatic hydroxyl groups excluding tert-OH is 1. The molecule has 142 valence electrons. The van der Waals surface area contributed by atoms with E-state index in [1.807, 2.05) is 13.0 Å². The average Bonchev–Trinajstić information content (AvgIpc) is 2.86. The highest BCUT2D eigenvalue weighted by molar-refractivity contribution is 6.01. The van der Waals surface area contributed by atoms with Gasteiger partial charge in [0.2, 0.25) is 0 Å². The molecule has 4 aliphatic rings. The van der Waals surface area contributed by atoms with E-state index in [0.29, 0.717) is 12.8 Å². The number of carbonyl (C=O) groups is 2. The molecule has 0 aromatic carbocycles. The van der Waals surface area contributed by atoms with Gasteiger partial charge in [-0.15, -0.1) is 0 Å². The van der Waals surface area contributed by atoms with E-state index in [1.54, 1.807) is 12.2 Å². The normalized spacial score (nSPS) is 49.9. The topological polar surface area (TPSA) is 101 Å². The number of nitrogens with two attached hydrogens (primary N) is 1. The van der Waals surface area contributed by atoms with Crippen molar-refractivity contribution >= 4 is 11.6 Å². The third-order valence-corrected chi connectivity index (χ3v) is 8.29. The summed E-state index contributed by atoms with van der Waals surface area (Å²) in [5.74, 6) is 0.137. The average molecular weight is 359 g/mol. The predicted molar refractivity (Wildman–Crippen MR) is 97.0 cm³/mol. The highest BCUT2D eigenvalue weighted by Gasteiger charge is 2.67. The second-order valence-corrected chi connectivity index (χ2v) is 9.24. The minimum absolute atomic E-state index is 0.0141. The summed E-state index contributed by atoms with van der Waals surface area (Å²) in [7, 11) is 0. The van der Waals surface area contributed by atoms with Crippen LogP contribution in [0.15, 0.2) is 23.8 Å². The van der Waals surface area contributed by atoms with E-state index >= 15 is 0 Å². The molecule has 5 heteroatoms. The van der Waals surface area contributed by atoms with Crippen molar-refractivity contribution in [3.8, 4) is 0 Å². The lowest BCUT2D eigenvalue weighted by molar-refractivity contribution is -0.175. The van der Waals surface area contributed by atoms with Gasteiger partial charge in [0, 0.05) is 16.7 Å². The summed E-state index contributed by atoms with van der Waals surface area (Å²) in [6.07, 6.45) is 8.02. The summed E-state index contributed by atoms with van der Waals surface area (Å²) in [6.45, 7) is 3.92. The highest BCUT2D eigenvalue weighted by Crippen LogP contribution is 2.66. The largest absolute Gasteiger partial charge is 0.393 e. The molecular formula is C21H29NO4. The molecule has 0 bridgehead atoms. The van der Waals surface area contributed by atoms with Crippen molar-refractivity contribution in [3.05, 3.63) is 23.8 Å². The van der Waals surface area contributed by atoms with E-state index in [-0.39, 0.29) is 41.3 Å². The first-order valence-electron chi connectivity index (χ1n) is 9.75. The number of hydrogen-bond donors (Lipinski definition) is 3. The van der Waals surface area contributed by atoms with Gasteiger partial charge in [-0.05, 0) is 56.1 Å². The molecule has 0 amide bonds. The lowest BCUT2D eigenvalue weighted by Gasteiger charge is -2.59. The van der Waals surface area contributed by atoms with E-state index in [1.165, 1.54) is 0 Å². The molecule has 0 aromatic heterocycles. The van der Waals surface area contributed by atoms with Crippen molar-refractivity contribution in [2.45, 2.75) is 57.7 Å². The molecule has 0 unspecified atom stereocenters. The lowest BCUT2D eigenvalue weighted by atomic mass is 9.46. The molecule has 26 heavy (non-hydrogen) atoms. The molecule has 4 N–H and O–H groups in total. The van der Waals surface area contributed by atoms with Crippen LogP contribution in [0.25, 0.3) is 0 Å². The Morgan fingerprint density at radius 2 is 2.08 bits per heavy atom. The number of allylic oxidation sites excluding steroid dienone is 4. The molecule has 7 atom stereocenters. The fourth-order valence-electron chi connectivity index (χ4n) is 6.96. The van der Waals surface area contributed by atoms with Crippen LogP contribution >= 0.6 is 0 Å². The lowest BCUT2D eigenvalue weighted by Crippen LogP contribution is -2.62. The van der Waals surface area contributed by atoms with Gasteiger partial charge < -0.3 is 15.9 Å². The first kappa shape index (κ1) is 18.1. The third-order valence-electron chi connectivity index (χ3n) is 8.29. The molecule has 0 aliphatic heterocycles. The van der Waals surface area contributed by atoms with Gasteiger partial charge in [-0.1, -0.05) is 25.5 Å². The fourth-order valence-corrected chi connectivity index (χ4v) is 6.96. The molecular weight excluding hydrogens is 330 g/mol. The Kier molecular flexibility index (Phi) is 3.89. The molecule has 5 nitrogen and oxygen atoms in total. The van der Waals surface area contributed by atoms with Gasteiger partial charge in [0.1, 0.15) is 5.60 Å². The Labute approximate surface area is 154 Å². The van der Waals surface area contributed by atoms with Crippen LogP contribution in [0.2, 0.25) is 0 Å². The van der Waals surface area contributed by atoms with Crippen LogP contribution in [0.5, 0.6) is 0 Å².